The molecule has 0 heterocycles. The highest BCUT2D eigenvalue weighted by Gasteiger charge is 2.13. The molecule has 0 radical (unpaired) electrons. The summed E-state index contributed by atoms with van der Waals surface area (Å²) in [5.41, 5.74) is 0.826. The van der Waals surface area contributed by atoms with E-state index in [1.165, 1.54) is 0 Å². The Morgan fingerprint density at radius 2 is 1.89 bits per heavy atom. The molecule has 0 aliphatic carbocycles. The first-order valence-corrected chi connectivity index (χ1v) is 7.75. The standard InChI is InChI=1S/C14H18O4S/c1-2-3-4-11-19(17,18)13-8-5-12(6-9-13)7-10-14(15)16/h2,5-6,8-9H,1,3-4,7,10-11H2,(H,15,16). The molecule has 0 spiro atoms. The van der Waals surface area contributed by atoms with Gasteiger partial charge in [0, 0.05) is 6.42 Å². The molecule has 0 unspecified atom stereocenters. The fourth-order valence-electron chi connectivity index (χ4n) is 1.65. The molecule has 0 saturated carbocycles. The van der Waals surface area contributed by atoms with Gasteiger partial charge in [-0.2, -0.15) is 0 Å². The summed E-state index contributed by atoms with van der Waals surface area (Å²) >= 11 is 0. The maximum Gasteiger partial charge on any atom is 0.303 e. The van der Waals surface area contributed by atoms with Crippen LogP contribution in [0.3, 0.4) is 0 Å². The molecule has 104 valence electrons. The molecule has 4 nitrogen and oxygen atoms in total. The minimum atomic E-state index is -3.24. The molecule has 0 aromatic heterocycles. The normalized spacial score (nSPS) is 11.2. The predicted molar refractivity (Wildman–Crippen MR) is 73.9 cm³/mol. The molecule has 0 aliphatic rings. The van der Waals surface area contributed by atoms with Crippen LogP contribution in [0.4, 0.5) is 0 Å². The summed E-state index contributed by atoms with van der Waals surface area (Å²) in [5, 5.41) is 8.58. The van der Waals surface area contributed by atoms with Crippen LogP contribution < -0.4 is 0 Å². The smallest absolute Gasteiger partial charge is 0.303 e. The van der Waals surface area contributed by atoms with E-state index in [9.17, 15) is 13.2 Å². The van der Waals surface area contributed by atoms with E-state index in [1.807, 2.05) is 0 Å². The van der Waals surface area contributed by atoms with E-state index in [2.05, 4.69) is 6.58 Å². The third kappa shape index (κ3) is 5.26. The highest BCUT2D eigenvalue weighted by molar-refractivity contribution is 7.91. The topological polar surface area (TPSA) is 71.4 Å². The summed E-state index contributed by atoms with van der Waals surface area (Å²) in [5.74, 6) is -0.755. The van der Waals surface area contributed by atoms with E-state index in [1.54, 1.807) is 30.3 Å². The minimum absolute atomic E-state index is 0.0471. The lowest BCUT2D eigenvalue weighted by molar-refractivity contribution is -0.136. The first kappa shape index (κ1) is 15.4. The van der Waals surface area contributed by atoms with Gasteiger partial charge in [0.05, 0.1) is 10.6 Å². The van der Waals surface area contributed by atoms with Crippen molar-refractivity contribution >= 4 is 15.8 Å². The van der Waals surface area contributed by atoms with Crippen molar-refractivity contribution in [2.24, 2.45) is 0 Å². The molecule has 0 bridgehead atoms. The van der Waals surface area contributed by atoms with Crippen LogP contribution in [-0.4, -0.2) is 25.2 Å². The van der Waals surface area contributed by atoms with Gasteiger partial charge >= 0.3 is 5.97 Å². The number of aliphatic carboxylic acids is 1. The number of hydrogen-bond acceptors (Lipinski definition) is 3. The van der Waals surface area contributed by atoms with E-state index in [0.717, 1.165) is 5.56 Å². The fraction of sp³-hybridized carbons (Fsp3) is 0.357. The quantitative estimate of drug-likeness (QED) is 0.587. The van der Waals surface area contributed by atoms with Crippen LogP contribution in [-0.2, 0) is 21.1 Å². The van der Waals surface area contributed by atoms with Gasteiger partial charge in [-0.3, -0.25) is 4.79 Å². The molecule has 0 atom stereocenters. The SMILES string of the molecule is C=CCCCS(=O)(=O)c1ccc(CCC(=O)O)cc1. The average Bonchev–Trinajstić information content (AvgIpc) is 2.37. The van der Waals surface area contributed by atoms with Crippen LogP contribution in [0.2, 0.25) is 0 Å². The molecule has 1 rings (SSSR count). The Bertz CT molecular complexity index is 529. The number of allylic oxidation sites excluding steroid dienone is 1. The molecule has 1 aromatic carbocycles. The molecule has 1 N–H and O–H groups in total. The molecule has 0 fully saturated rings. The maximum absolute atomic E-state index is 12.0. The lowest BCUT2D eigenvalue weighted by atomic mass is 10.1. The largest absolute Gasteiger partial charge is 0.481 e. The molecular weight excluding hydrogens is 264 g/mol. The van der Waals surface area contributed by atoms with Gasteiger partial charge in [0.15, 0.2) is 9.84 Å². The lowest BCUT2D eigenvalue weighted by Crippen LogP contribution is -2.06. The van der Waals surface area contributed by atoms with Gasteiger partial charge in [-0.25, -0.2) is 8.42 Å². The molecule has 0 aliphatic heterocycles. The summed E-state index contributed by atoms with van der Waals surface area (Å²) in [7, 11) is -3.24. The van der Waals surface area contributed by atoms with Crippen LogP contribution in [0.15, 0.2) is 41.8 Å². The Morgan fingerprint density at radius 1 is 1.26 bits per heavy atom. The van der Waals surface area contributed by atoms with Crippen LogP contribution in [0.5, 0.6) is 0 Å². The summed E-state index contributed by atoms with van der Waals surface area (Å²) in [6, 6.07) is 6.42. The number of carboxylic acid groups (broad SMARTS) is 1. The second kappa shape index (κ2) is 7.09. The van der Waals surface area contributed by atoms with Gasteiger partial charge in [0.1, 0.15) is 0 Å². The Morgan fingerprint density at radius 3 is 2.42 bits per heavy atom. The van der Waals surface area contributed by atoms with Gasteiger partial charge in [-0.1, -0.05) is 18.2 Å². The van der Waals surface area contributed by atoms with Gasteiger partial charge < -0.3 is 5.11 Å². The first-order valence-electron chi connectivity index (χ1n) is 6.10. The molecule has 0 amide bonds. The number of rotatable bonds is 8. The number of hydrogen-bond donors (Lipinski definition) is 1. The first-order chi connectivity index (χ1) is 8.95. The zero-order valence-corrected chi connectivity index (χ0v) is 11.5. The van der Waals surface area contributed by atoms with E-state index < -0.39 is 15.8 Å². The van der Waals surface area contributed by atoms with Crippen LogP contribution >= 0.6 is 0 Å². The third-order valence-corrected chi connectivity index (χ3v) is 4.55. The van der Waals surface area contributed by atoms with Crippen LogP contribution in [0.25, 0.3) is 0 Å². The maximum atomic E-state index is 12.0. The van der Waals surface area contributed by atoms with Crippen LogP contribution in [0, 0.1) is 0 Å². The Balaban J connectivity index is 2.69. The van der Waals surface area contributed by atoms with Crippen molar-refractivity contribution in [2.45, 2.75) is 30.6 Å². The summed E-state index contributed by atoms with van der Waals surface area (Å²) in [4.78, 5) is 10.7. The number of carboxylic acids is 1. The number of sulfone groups is 1. The molecular formula is C14H18O4S. The summed E-state index contributed by atoms with van der Waals surface area (Å²) in [6.45, 7) is 3.56. The predicted octanol–water partition coefficient (Wildman–Crippen LogP) is 2.44. The van der Waals surface area contributed by atoms with Crippen molar-refractivity contribution in [3.8, 4) is 0 Å². The van der Waals surface area contributed by atoms with Gasteiger partial charge in [-0.15, -0.1) is 6.58 Å². The van der Waals surface area contributed by atoms with E-state index >= 15 is 0 Å². The summed E-state index contributed by atoms with van der Waals surface area (Å²) in [6.07, 6.45) is 3.39. The van der Waals surface area contributed by atoms with Crippen molar-refractivity contribution in [3.05, 3.63) is 42.5 Å². The summed E-state index contributed by atoms with van der Waals surface area (Å²) < 4.78 is 23.9. The second-order valence-electron chi connectivity index (χ2n) is 4.29. The highest BCUT2D eigenvalue weighted by atomic mass is 32.2. The van der Waals surface area contributed by atoms with Crippen molar-refractivity contribution < 1.29 is 18.3 Å². The molecule has 0 saturated heterocycles. The molecule has 19 heavy (non-hydrogen) atoms. The third-order valence-electron chi connectivity index (χ3n) is 2.73. The van der Waals surface area contributed by atoms with E-state index in [-0.39, 0.29) is 17.1 Å². The van der Waals surface area contributed by atoms with Crippen LogP contribution in [0.1, 0.15) is 24.8 Å². The van der Waals surface area contributed by atoms with Crippen molar-refractivity contribution in [3.63, 3.8) is 0 Å². The number of benzene rings is 1. The zero-order chi connectivity index (χ0) is 14.3. The minimum Gasteiger partial charge on any atom is -0.481 e. The van der Waals surface area contributed by atoms with E-state index in [4.69, 9.17) is 5.11 Å². The monoisotopic (exact) mass is 282 g/mol. The van der Waals surface area contributed by atoms with Gasteiger partial charge in [0.2, 0.25) is 0 Å². The van der Waals surface area contributed by atoms with Crippen molar-refractivity contribution in [2.75, 3.05) is 5.75 Å². The van der Waals surface area contributed by atoms with Crippen molar-refractivity contribution in [1.29, 1.82) is 0 Å². The van der Waals surface area contributed by atoms with Gasteiger partial charge in [-0.05, 0) is 37.0 Å². The average molecular weight is 282 g/mol. The van der Waals surface area contributed by atoms with Gasteiger partial charge in [0.25, 0.3) is 0 Å². The number of aryl methyl sites for hydroxylation is 1. The highest BCUT2D eigenvalue weighted by Crippen LogP contribution is 2.15. The van der Waals surface area contributed by atoms with Crippen molar-refractivity contribution in [1.82, 2.24) is 0 Å². The Kier molecular flexibility index (Phi) is 5.76. The van der Waals surface area contributed by atoms with E-state index in [0.29, 0.717) is 19.3 Å². The number of unbranched alkanes of at least 4 members (excludes halogenated alkanes) is 1. The second-order valence-corrected chi connectivity index (χ2v) is 6.40. The number of carbonyl (C=O) groups is 1. The molecule has 1 aromatic rings. The Labute approximate surface area is 113 Å². The Hall–Kier alpha value is -1.62. The zero-order valence-electron chi connectivity index (χ0n) is 10.7. The lowest BCUT2D eigenvalue weighted by Gasteiger charge is -2.05. The fourth-order valence-corrected chi connectivity index (χ4v) is 2.98. The molecule has 5 heteroatoms.